The molecule has 0 heterocycles. The van der Waals surface area contributed by atoms with E-state index in [0.29, 0.717) is 17.6 Å². The van der Waals surface area contributed by atoms with Crippen LogP contribution < -0.4 is 0 Å². The molecule has 5 unspecified atom stereocenters. The highest BCUT2D eigenvalue weighted by Gasteiger charge is 2.72. The van der Waals surface area contributed by atoms with Crippen molar-refractivity contribution < 1.29 is 9.90 Å². The van der Waals surface area contributed by atoms with Gasteiger partial charge in [0.1, 0.15) is 0 Å². The van der Waals surface area contributed by atoms with Gasteiger partial charge in [-0.3, -0.25) is 4.79 Å². The lowest BCUT2D eigenvalue weighted by atomic mass is 9.59. The van der Waals surface area contributed by atoms with E-state index in [9.17, 15) is 9.90 Å². The smallest absolute Gasteiger partial charge is 0.159 e. The summed E-state index contributed by atoms with van der Waals surface area (Å²) >= 11 is 0. The minimum atomic E-state index is -0.772. The van der Waals surface area contributed by atoms with Crippen LogP contribution in [-0.2, 0) is 4.79 Å². The summed E-state index contributed by atoms with van der Waals surface area (Å²) in [6.07, 6.45) is 10.4. The number of ketones is 1. The molecule has 122 valence electrons. The van der Waals surface area contributed by atoms with Crippen molar-refractivity contribution in [2.24, 2.45) is 28.6 Å². The lowest BCUT2D eigenvalue weighted by Gasteiger charge is -2.45. The van der Waals surface area contributed by atoms with Gasteiger partial charge in [0.25, 0.3) is 0 Å². The lowest BCUT2D eigenvalue weighted by molar-refractivity contribution is -0.117. The topological polar surface area (TPSA) is 37.3 Å². The molecular weight excluding hydrogens is 272 g/mol. The summed E-state index contributed by atoms with van der Waals surface area (Å²) in [5.41, 5.74) is 0.907. The van der Waals surface area contributed by atoms with Crippen molar-refractivity contribution in [1.82, 2.24) is 0 Å². The fourth-order valence-corrected chi connectivity index (χ4v) is 5.42. The molecule has 0 amide bonds. The molecule has 3 aliphatic carbocycles. The maximum Gasteiger partial charge on any atom is 0.159 e. The van der Waals surface area contributed by atoms with Crippen molar-refractivity contribution in [3.05, 3.63) is 23.8 Å². The first kappa shape index (κ1) is 16.0. The summed E-state index contributed by atoms with van der Waals surface area (Å²) in [4.78, 5) is 12.6. The molecule has 0 saturated heterocycles. The number of carbonyl (C=O) groups is 1. The van der Waals surface area contributed by atoms with Crippen molar-refractivity contribution in [2.45, 2.75) is 65.9 Å². The number of carbonyl (C=O) groups excluding carboxylic acids is 1. The average molecular weight is 302 g/mol. The number of hydrogen-bond donors (Lipinski definition) is 1. The van der Waals surface area contributed by atoms with Crippen LogP contribution in [0.1, 0.15) is 60.3 Å². The minimum absolute atomic E-state index is 0.0669. The molecule has 0 aromatic rings. The molecular formula is C20H30O2. The van der Waals surface area contributed by atoms with E-state index in [0.717, 1.165) is 12.8 Å². The molecule has 5 atom stereocenters. The number of rotatable bonds is 3. The Bertz CT molecular complexity index is 551. The minimum Gasteiger partial charge on any atom is -0.386 e. The van der Waals surface area contributed by atoms with Gasteiger partial charge in [-0.25, -0.2) is 0 Å². The van der Waals surface area contributed by atoms with Crippen LogP contribution in [0.25, 0.3) is 0 Å². The second-order valence-electron chi connectivity index (χ2n) is 8.87. The molecule has 3 rings (SSSR count). The molecule has 0 aliphatic heterocycles. The lowest BCUT2D eigenvalue weighted by Crippen LogP contribution is -2.38. The monoisotopic (exact) mass is 302 g/mol. The highest BCUT2D eigenvalue weighted by Crippen LogP contribution is 2.74. The predicted molar refractivity (Wildman–Crippen MR) is 89.4 cm³/mol. The molecule has 2 heteroatoms. The molecule has 1 N–H and O–H groups in total. The van der Waals surface area contributed by atoms with E-state index in [2.05, 4.69) is 26.8 Å². The summed E-state index contributed by atoms with van der Waals surface area (Å²) in [6.45, 7) is 10.6. The second-order valence-corrected chi connectivity index (χ2v) is 8.87. The standard InChI is InChI=1S/C20H30O2/c1-13-8-6-9-14-12-15(21)16-17(20(13,14)5)19(16,4)11-7-10-18(2,3)22/h7,10,12-13,16-17,22H,6,8-9,11H2,1-5H3/b10-7+. The number of aliphatic hydroxyl groups is 1. The van der Waals surface area contributed by atoms with E-state index in [-0.39, 0.29) is 16.7 Å². The predicted octanol–water partition coefficient (Wildman–Crippen LogP) is 4.29. The Hall–Kier alpha value is -0.890. The molecule has 22 heavy (non-hydrogen) atoms. The Morgan fingerprint density at radius 2 is 2.09 bits per heavy atom. The van der Waals surface area contributed by atoms with Gasteiger partial charge in [-0.15, -0.1) is 0 Å². The maximum atomic E-state index is 12.6. The van der Waals surface area contributed by atoms with E-state index in [1.165, 1.54) is 18.4 Å². The maximum absolute atomic E-state index is 12.6. The Balaban J connectivity index is 1.87. The van der Waals surface area contributed by atoms with Crippen molar-refractivity contribution in [3.8, 4) is 0 Å². The normalized spacial score (nSPS) is 44.5. The van der Waals surface area contributed by atoms with E-state index in [1.54, 1.807) is 13.8 Å². The molecule has 2 fully saturated rings. The summed E-state index contributed by atoms with van der Waals surface area (Å²) in [5.74, 6) is 1.68. The third-order valence-electron chi connectivity index (χ3n) is 6.80. The van der Waals surface area contributed by atoms with Gasteiger partial charge >= 0.3 is 0 Å². The summed E-state index contributed by atoms with van der Waals surface area (Å²) in [6, 6.07) is 0. The molecule has 0 aromatic heterocycles. The third-order valence-corrected chi connectivity index (χ3v) is 6.80. The highest BCUT2D eigenvalue weighted by molar-refractivity contribution is 5.97. The fourth-order valence-electron chi connectivity index (χ4n) is 5.42. The van der Waals surface area contributed by atoms with E-state index in [4.69, 9.17) is 0 Å². The summed E-state index contributed by atoms with van der Waals surface area (Å²) in [7, 11) is 0. The van der Waals surface area contributed by atoms with Crippen LogP contribution in [0.4, 0.5) is 0 Å². The highest BCUT2D eigenvalue weighted by atomic mass is 16.3. The molecule has 0 aromatic carbocycles. The largest absolute Gasteiger partial charge is 0.386 e. The fraction of sp³-hybridized carbons (Fsp3) is 0.750. The summed E-state index contributed by atoms with van der Waals surface area (Å²) in [5, 5.41) is 9.86. The van der Waals surface area contributed by atoms with Crippen molar-refractivity contribution in [2.75, 3.05) is 0 Å². The first-order valence-corrected chi connectivity index (χ1v) is 8.75. The molecule has 0 spiro atoms. The van der Waals surface area contributed by atoms with Crippen molar-refractivity contribution in [1.29, 1.82) is 0 Å². The van der Waals surface area contributed by atoms with Gasteiger partial charge in [0, 0.05) is 5.92 Å². The van der Waals surface area contributed by atoms with E-state index < -0.39 is 5.60 Å². The van der Waals surface area contributed by atoms with Crippen LogP contribution in [0.3, 0.4) is 0 Å². The number of fused-ring (bicyclic) bond motifs is 3. The van der Waals surface area contributed by atoms with E-state index in [1.807, 2.05) is 12.2 Å². The van der Waals surface area contributed by atoms with Crippen LogP contribution >= 0.6 is 0 Å². The zero-order valence-electron chi connectivity index (χ0n) is 14.6. The van der Waals surface area contributed by atoms with Gasteiger partial charge in [-0.2, -0.15) is 0 Å². The first-order chi connectivity index (χ1) is 10.1. The third kappa shape index (κ3) is 2.22. The van der Waals surface area contributed by atoms with Gasteiger partial charge in [-0.05, 0) is 68.3 Å². The Labute approximate surface area is 134 Å². The van der Waals surface area contributed by atoms with Crippen LogP contribution in [0.15, 0.2) is 23.8 Å². The van der Waals surface area contributed by atoms with Crippen LogP contribution in [0, 0.1) is 28.6 Å². The average Bonchev–Trinajstić information content (AvgIpc) is 3.00. The second kappa shape index (κ2) is 4.80. The van der Waals surface area contributed by atoms with Gasteiger partial charge in [0.2, 0.25) is 0 Å². The molecule has 2 nitrogen and oxygen atoms in total. The van der Waals surface area contributed by atoms with Crippen LogP contribution in [0.5, 0.6) is 0 Å². The number of allylic oxidation sites excluding steroid dienone is 3. The molecule has 0 radical (unpaired) electrons. The molecule has 2 saturated carbocycles. The Morgan fingerprint density at radius 1 is 1.41 bits per heavy atom. The first-order valence-electron chi connectivity index (χ1n) is 8.75. The van der Waals surface area contributed by atoms with E-state index >= 15 is 0 Å². The zero-order chi connectivity index (χ0) is 16.3. The van der Waals surface area contributed by atoms with Crippen LogP contribution in [-0.4, -0.2) is 16.5 Å². The van der Waals surface area contributed by atoms with Gasteiger partial charge in [-0.1, -0.05) is 38.5 Å². The summed E-state index contributed by atoms with van der Waals surface area (Å²) < 4.78 is 0. The quantitative estimate of drug-likeness (QED) is 0.790. The van der Waals surface area contributed by atoms with Crippen molar-refractivity contribution in [3.63, 3.8) is 0 Å². The van der Waals surface area contributed by atoms with Gasteiger partial charge in [0.05, 0.1) is 5.60 Å². The Morgan fingerprint density at radius 3 is 2.73 bits per heavy atom. The Kier molecular flexibility index (Phi) is 3.49. The van der Waals surface area contributed by atoms with Crippen LogP contribution in [0.2, 0.25) is 0 Å². The van der Waals surface area contributed by atoms with Crippen molar-refractivity contribution >= 4 is 5.78 Å². The zero-order valence-corrected chi connectivity index (χ0v) is 14.6. The SMILES string of the molecule is CC1CCCC2=CC(=O)C3C(C3(C)C/C=C/C(C)(C)O)C21C. The molecule has 0 bridgehead atoms. The number of hydrogen-bond acceptors (Lipinski definition) is 2. The van der Waals surface area contributed by atoms with Gasteiger partial charge < -0.3 is 5.11 Å². The molecule has 3 aliphatic rings. The van der Waals surface area contributed by atoms with Gasteiger partial charge in [0.15, 0.2) is 5.78 Å².